The van der Waals surface area contributed by atoms with E-state index in [-0.39, 0.29) is 6.42 Å². The summed E-state index contributed by atoms with van der Waals surface area (Å²) in [5.74, 6) is -0.803. The maximum atomic E-state index is 11.0. The van der Waals surface area contributed by atoms with E-state index in [9.17, 15) is 4.79 Å². The number of hydrogen-bond donors (Lipinski definition) is 3. The molecule has 0 radical (unpaired) electrons. The van der Waals surface area contributed by atoms with Gasteiger partial charge in [0.2, 0.25) is 0 Å². The molecule has 0 unspecified atom stereocenters. The number of rotatable bonds is 7. The Balaban J connectivity index is 2.06. The van der Waals surface area contributed by atoms with Gasteiger partial charge in [-0.25, -0.2) is 0 Å². The van der Waals surface area contributed by atoms with Crippen molar-refractivity contribution in [1.29, 1.82) is 0 Å². The molecule has 3 aromatic rings. The average Bonchev–Trinajstić information content (AvgIpc) is 3.14. The molecule has 2 heterocycles. The van der Waals surface area contributed by atoms with Crippen LogP contribution in [0.25, 0.3) is 21.5 Å². The second kappa shape index (κ2) is 6.98. The van der Waals surface area contributed by atoms with Gasteiger partial charge in [-0.2, -0.15) is 0 Å². The minimum absolute atomic E-state index is 0.0533. The minimum Gasteiger partial charge on any atom is -0.481 e. The van der Waals surface area contributed by atoms with Crippen molar-refractivity contribution in [2.24, 2.45) is 5.73 Å². The first-order chi connectivity index (χ1) is 11.2. The molecule has 2 aromatic heterocycles. The van der Waals surface area contributed by atoms with Crippen LogP contribution in [0.15, 0.2) is 35.7 Å². The van der Waals surface area contributed by atoms with Gasteiger partial charge >= 0.3 is 5.97 Å². The smallest absolute Gasteiger partial charge is 0.307 e. The Kier molecular flexibility index (Phi) is 4.79. The number of carbonyl (C=O) groups is 1. The molecular weight excluding hydrogens is 308 g/mol. The molecule has 23 heavy (non-hydrogen) atoms. The molecule has 3 rings (SSSR count). The Labute approximate surface area is 139 Å². The van der Waals surface area contributed by atoms with Crippen molar-refractivity contribution >= 4 is 28.2 Å². The van der Waals surface area contributed by atoms with Crippen LogP contribution in [0.1, 0.15) is 24.0 Å². The SMILES string of the molecule is NCCCCc1c(-c2cccs2)[nH]c2ccc(CC(=O)O)cc12. The van der Waals surface area contributed by atoms with E-state index in [2.05, 4.69) is 16.4 Å². The van der Waals surface area contributed by atoms with Gasteiger partial charge in [-0.3, -0.25) is 4.79 Å². The summed E-state index contributed by atoms with van der Waals surface area (Å²) < 4.78 is 0. The van der Waals surface area contributed by atoms with E-state index in [0.29, 0.717) is 6.54 Å². The number of carboxylic acid groups (broad SMARTS) is 1. The summed E-state index contributed by atoms with van der Waals surface area (Å²) in [6.45, 7) is 0.695. The summed E-state index contributed by atoms with van der Waals surface area (Å²) >= 11 is 1.71. The Bertz CT molecular complexity index is 806. The zero-order chi connectivity index (χ0) is 16.2. The standard InChI is InChI=1S/C18H20N2O2S/c19-8-2-1-4-13-14-10-12(11-17(21)22)6-7-15(14)20-18(13)16-5-3-9-23-16/h3,5-7,9-10,20H,1-2,4,8,11,19H2,(H,21,22). The number of fused-ring (bicyclic) bond motifs is 1. The number of aryl methyl sites for hydroxylation is 1. The van der Waals surface area contributed by atoms with E-state index in [1.807, 2.05) is 24.3 Å². The Morgan fingerprint density at radius 3 is 2.83 bits per heavy atom. The summed E-state index contributed by atoms with van der Waals surface area (Å²) in [6.07, 6.45) is 3.02. The van der Waals surface area contributed by atoms with Gasteiger partial charge < -0.3 is 15.8 Å². The maximum absolute atomic E-state index is 11.0. The number of aromatic amines is 1. The highest BCUT2D eigenvalue weighted by Gasteiger charge is 2.14. The number of thiophene rings is 1. The molecule has 5 heteroatoms. The van der Waals surface area contributed by atoms with Crippen LogP contribution >= 0.6 is 11.3 Å². The number of aromatic nitrogens is 1. The van der Waals surface area contributed by atoms with E-state index < -0.39 is 5.97 Å². The fourth-order valence-electron chi connectivity index (χ4n) is 2.92. The van der Waals surface area contributed by atoms with E-state index in [0.717, 1.165) is 41.4 Å². The van der Waals surface area contributed by atoms with E-state index in [1.165, 1.54) is 10.4 Å². The summed E-state index contributed by atoms with van der Waals surface area (Å²) in [6, 6.07) is 10.0. The van der Waals surface area contributed by atoms with Gasteiger partial charge in [-0.05, 0) is 60.5 Å². The summed E-state index contributed by atoms with van der Waals surface area (Å²) in [5, 5.41) is 12.2. The lowest BCUT2D eigenvalue weighted by Crippen LogP contribution is -2.00. The first-order valence-corrected chi connectivity index (χ1v) is 8.66. The first-order valence-electron chi connectivity index (χ1n) is 7.78. The number of hydrogen-bond acceptors (Lipinski definition) is 3. The number of nitrogens with two attached hydrogens (primary N) is 1. The lowest BCUT2D eigenvalue weighted by molar-refractivity contribution is -0.136. The zero-order valence-corrected chi connectivity index (χ0v) is 13.7. The Morgan fingerprint density at radius 2 is 2.13 bits per heavy atom. The number of carboxylic acids is 1. The fraction of sp³-hybridized carbons (Fsp3) is 0.278. The van der Waals surface area contributed by atoms with Crippen LogP contribution in [0.3, 0.4) is 0 Å². The largest absolute Gasteiger partial charge is 0.481 e. The highest BCUT2D eigenvalue weighted by molar-refractivity contribution is 7.13. The molecule has 0 saturated carbocycles. The molecule has 0 aliphatic heterocycles. The normalized spacial score (nSPS) is 11.2. The van der Waals surface area contributed by atoms with Gasteiger partial charge in [0.25, 0.3) is 0 Å². The monoisotopic (exact) mass is 328 g/mol. The number of benzene rings is 1. The quantitative estimate of drug-likeness (QED) is 0.577. The summed E-state index contributed by atoms with van der Waals surface area (Å²) in [4.78, 5) is 15.7. The topological polar surface area (TPSA) is 79.1 Å². The highest BCUT2D eigenvalue weighted by Crippen LogP contribution is 2.34. The first kappa shape index (κ1) is 15.8. The molecular formula is C18H20N2O2S. The van der Waals surface area contributed by atoms with Gasteiger partial charge in [-0.1, -0.05) is 12.1 Å². The lowest BCUT2D eigenvalue weighted by atomic mass is 10.0. The third-order valence-electron chi connectivity index (χ3n) is 3.97. The lowest BCUT2D eigenvalue weighted by Gasteiger charge is -2.04. The van der Waals surface area contributed by atoms with Crippen LogP contribution in [0.4, 0.5) is 0 Å². The molecule has 0 saturated heterocycles. The number of nitrogens with one attached hydrogen (secondary N) is 1. The third kappa shape index (κ3) is 3.46. The van der Waals surface area contributed by atoms with E-state index >= 15 is 0 Å². The number of H-pyrrole nitrogens is 1. The molecule has 0 spiro atoms. The fourth-order valence-corrected chi connectivity index (χ4v) is 3.67. The second-order valence-corrected chi connectivity index (χ2v) is 6.60. The van der Waals surface area contributed by atoms with Crippen molar-refractivity contribution in [2.45, 2.75) is 25.7 Å². The van der Waals surface area contributed by atoms with Crippen LogP contribution in [-0.4, -0.2) is 22.6 Å². The van der Waals surface area contributed by atoms with E-state index in [1.54, 1.807) is 11.3 Å². The van der Waals surface area contributed by atoms with Gasteiger partial charge in [0.05, 0.1) is 17.0 Å². The highest BCUT2D eigenvalue weighted by atomic mass is 32.1. The van der Waals surface area contributed by atoms with Gasteiger partial charge in [0.15, 0.2) is 0 Å². The molecule has 0 bridgehead atoms. The van der Waals surface area contributed by atoms with Crippen molar-refractivity contribution in [1.82, 2.24) is 4.98 Å². The molecule has 1 aromatic carbocycles. The maximum Gasteiger partial charge on any atom is 0.307 e. The molecule has 4 N–H and O–H groups in total. The number of unbranched alkanes of at least 4 members (excludes halogenated alkanes) is 1. The van der Waals surface area contributed by atoms with Crippen LogP contribution in [0.2, 0.25) is 0 Å². The van der Waals surface area contributed by atoms with Crippen LogP contribution in [0, 0.1) is 0 Å². The average molecular weight is 328 g/mol. The van der Waals surface area contributed by atoms with Crippen LogP contribution in [-0.2, 0) is 17.6 Å². The predicted molar refractivity (Wildman–Crippen MR) is 94.9 cm³/mol. The summed E-state index contributed by atoms with van der Waals surface area (Å²) in [5.41, 5.74) is 9.94. The second-order valence-electron chi connectivity index (χ2n) is 5.65. The molecule has 120 valence electrons. The molecule has 0 amide bonds. The van der Waals surface area contributed by atoms with Gasteiger partial charge in [0.1, 0.15) is 0 Å². The minimum atomic E-state index is -0.803. The molecule has 0 fully saturated rings. The Morgan fingerprint density at radius 1 is 1.26 bits per heavy atom. The number of aliphatic carboxylic acids is 1. The predicted octanol–water partition coefficient (Wildman–Crippen LogP) is 3.80. The Hall–Kier alpha value is -2.11. The summed E-state index contributed by atoms with van der Waals surface area (Å²) in [7, 11) is 0. The van der Waals surface area contributed by atoms with Crippen LogP contribution < -0.4 is 5.73 Å². The van der Waals surface area contributed by atoms with Gasteiger partial charge in [0, 0.05) is 10.9 Å². The molecule has 0 aliphatic carbocycles. The van der Waals surface area contributed by atoms with Crippen molar-refractivity contribution in [3.8, 4) is 10.6 Å². The van der Waals surface area contributed by atoms with Crippen molar-refractivity contribution in [3.63, 3.8) is 0 Å². The van der Waals surface area contributed by atoms with Crippen molar-refractivity contribution < 1.29 is 9.90 Å². The van der Waals surface area contributed by atoms with Crippen molar-refractivity contribution in [2.75, 3.05) is 6.54 Å². The zero-order valence-electron chi connectivity index (χ0n) is 12.8. The van der Waals surface area contributed by atoms with Gasteiger partial charge in [-0.15, -0.1) is 11.3 Å². The van der Waals surface area contributed by atoms with Crippen molar-refractivity contribution in [3.05, 3.63) is 46.8 Å². The van der Waals surface area contributed by atoms with Crippen LogP contribution in [0.5, 0.6) is 0 Å². The molecule has 4 nitrogen and oxygen atoms in total. The molecule has 0 aliphatic rings. The molecule has 0 atom stereocenters. The third-order valence-corrected chi connectivity index (χ3v) is 4.86. The van der Waals surface area contributed by atoms with E-state index in [4.69, 9.17) is 10.8 Å².